The van der Waals surface area contributed by atoms with Gasteiger partial charge in [0, 0.05) is 11.7 Å². The van der Waals surface area contributed by atoms with E-state index in [-0.39, 0.29) is 11.9 Å². The van der Waals surface area contributed by atoms with Gasteiger partial charge in [0.15, 0.2) is 0 Å². The summed E-state index contributed by atoms with van der Waals surface area (Å²) in [6.45, 7) is 23.6. The SMILES string of the molecule is C=CC(=C)N.C=CC(=O)NC(C)C(C)C(C)CC(C)C(C)C. The highest BCUT2D eigenvalue weighted by Crippen LogP contribution is 2.26. The Bertz CT molecular complexity index is 360. The molecule has 4 unspecified atom stereocenters. The van der Waals surface area contributed by atoms with Crippen LogP contribution in [0.2, 0.25) is 0 Å². The standard InChI is InChI=1S/C15H29NO.C4H7N/c1-8-15(17)16-14(7)13(6)12(5)9-11(4)10(2)3;1-3-4(2)5/h8,10-14H,1,9H2,2-7H3,(H,16,17);3H,1-2,5H2. The molecule has 0 saturated heterocycles. The first-order chi connectivity index (χ1) is 10.1. The van der Waals surface area contributed by atoms with Crippen molar-refractivity contribution in [3.63, 3.8) is 0 Å². The molecule has 22 heavy (non-hydrogen) atoms. The molecule has 0 aliphatic carbocycles. The van der Waals surface area contributed by atoms with E-state index in [0.717, 1.165) is 11.8 Å². The third kappa shape index (κ3) is 11.2. The molecular formula is C19H36N2O. The fourth-order valence-electron chi connectivity index (χ4n) is 1.98. The number of nitrogens with two attached hydrogens (primary N) is 1. The highest BCUT2D eigenvalue weighted by Gasteiger charge is 2.22. The van der Waals surface area contributed by atoms with Crippen LogP contribution >= 0.6 is 0 Å². The van der Waals surface area contributed by atoms with Crippen molar-refractivity contribution in [1.82, 2.24) is 5.32 Å². The molecule has 0 fully saturated rings. The Kier molecular flexibility index (Phi) is 12.5. The summed E-state index contributed by atoms with van der Waals surface area (Å²) in [5.74, 6) is 2.48. The zero-order valence-electron chi connectivity index (χ0n) is 15.4. The second-order valence-corrected chi connectivity index (χ2v) is 6.57. The fourth-order valence-corrected chi connectivity index (χ4v) is 1.98. The second kappa shape index (κ2) is 12.1. The van der Waals surface area contributed by atoms with Crippen LogP contribution in [0.1, 0.15) is 48.0 Å². The van der Waals surface area contributed by atoms with Crippen LogP contribution in [0.25, 0.3) is 0 Å². The monoisotopic (exact) mass is 308 g/mol. The molecule has 0 heterocycles. The number of carbonyl (C=O) groups excluding carboxylic acids is 1. The van der Waals surface area contributed by atoms with Gasteiger partial charge < -0.3 is 11.1 Å². The van der Waals surface area contributed by atoms with Crippen LogP contribution < -0.4 is 11.1 Å². The largest absolute Gasteiger partial charge is 0.399 e. The van der Waals surface area contributed by atoms with Gasteiger partial charge in [0.1, 0.15) is 0 Å². The van der Waals surface area contributed by atoms with E-state index in [0.29, 0.717) is 17.5 Å². The highest BCUT2D eigenvalue weighted by molar-refractivity contribution is 5.87. The summed E-state index contributed by atoms with van der Waals surface area (Å²) < 4.78 is 0. The van der Waals surface area contributed by atoms with E-state index < -0.39 is 0 Å². The number of rotatable bonds is 8. The third-order valence-electron chi connectivity index (χ3n) is 4.39. The zero-order valence-corrected chi connectivity index (χ0v) is 15.4. The Morgan fingerprint density at radius 3 is 1.82 bits per heavy atom. The molecule has 0 aromatic rings. The van der Waals surface area contributed by atoms with Crippen LogP contribution in [0.15, 0.2) is 37.6 Å². The average molecular weight is 309 g/mol. The van der Waals surface area contributed by atoms with Gasteiger partial charge in [0.2, 0.25) is 5.91 Å². The lowest BCUT2D eigenvalue weighted by molar-refractivity contribution is -0.117. The van der Waals surface area contributed by atoms with E-state index in [1.165, 1.54) is 18.6 Å². The van der Waals surface area contributed by atoms with E-state index in [4.69, 9.17) is 5.73 Å². The third-order valence-corrected chi connectivity index (χ3v) is 4.39. The average Bonchev–Trinajstić information content (AvgIpc) is 2.46. The van der Waals surface area contributed by atoms with Gasteiger partial charge in [-0.15, -0.1) is 0 Å². The predicted molar refractivity (Wildman–Crippen MR) is 98.3 cm³/mol. The van der Waals surface area contributed by atoms with Crippen LogP contribution in [0.3, 0.4) is 0 Å². The molecule has 3 N–H and O–H groups in total. The Morgan fingerprint density at radius 2 is 1.50 bits per heavy atom. The van der Waals surface area contributed by atoms with Gasteiger partial charge in [0.25, 0.3) is 0 Å². The van der Waals surface area contributed by atoms with Crippen LogP contribution in [-0.4, -0.2) is 11.9 Å². The van der Waals surface area contributed by atoms with Crippen molar-refractivity contribution in [2.24, 2.45) is 29.4 Å². The highest BCUT2D eigenvalue weighted by atomic mass is 16.1. The zero-order chi connectivity index (χ0) is 17.9. The lowest BCUT2D eigenvalue weighted by atomic mass is 9.80. The van der Waals surface area contributed by atoms with Gasteiger partial charge in [-0.1, -0.05) is 54.4 Å². The molecule has 3 heteroatoms. The first-order valence-corrected chi connectivity index (χ1v) is 8.06. The van der Waals surface area contributed by atoms with Crippen molar-refractivity contribution in [3.8, 4) is 0 Å². The van der Waals surface area contributed by atoms with E-state index in [9.17, 15) is 4.79 Å². The van der Waals surface area contributed by atoms with E-state index in [1.54, 1.807) is 0 Å². The van der Waals surface area contributed by atoms with E-state index in [2.05, 4.69) is 66.6 Å². The Morgan fingerprint density at radius 1 is 1.05 bits per heavy atom. The van der Waals surface area contributed by atoms with Crippen molar-refractivity contribution in [3.05, 3.63) is 37.6 Å². The van der Waals surface area contributed by atoms with Crippen molar-refractivity contribution >= 4 is 5.91 Å². The summed E-state index contributed by atoms with van der Waals surface area (Å²) in [4.78, 5) is 11.3. The summed E-state index contributed by atoms with van der Waals surface area (Å²) in [7, 11) is 0. The minimum absolute atomic E-state index is 0.0755. The van der Waals surface area contributed by atoms with Gasteiger partial charge in [0.05, 0.1) is 0 Å². The maximum Gasteiger partial charge on any atom is 0.243 e. The Balaban J connectivity index is 0. The Hall–Kier alpha value is -1.51. The molecule has 0 saturated carbocycles. The summed E-state index contributed by atoms with van der Waals surface area (Å²) in [5.41, 5.74) is 5.50. The van der Waals surface area contributed by atoms with Gasteiger partial charge in [-0.2, -0.15) is 0 Å². The Labute approximate surface area is 137 Å². The smallest absolute Gasteiger partial charge is 0.243 e. The molecule has 128 valence electrons. The topological polar surface area (TPSA) is 55.1 Å². The normalized spacial score (nSPS) is 15.6. The first kappa shape index (κ1) is 22.8. The predicted octanol–water partition coefficient (Wildman–Crippen LogP) is 4.28. The molecular weight excluding hydrogens is 272 g/mol. The molecule has 0 aromatic heterocycles. The maximum absolute atomic E-state index is 11.3. The second-order valence-electron chi connectivity index (χ2n) is 6.57. The number of amides is 1. The summed E-state index contributed by atoms with van der Waals surface area (Å²) in [5, 5.41) is 2.96. The van der Waals surface area contributed by atoms with Crippen LogP contribution in [-0.2, 0) is 4.79 Å². The number of nitrogens with one attached hydrogen (secondary N) is 1. The van der Waals surface area contributed by atoms with Gasteiger partial charge in [-0.25, -0.2) is 0 Å². The molecule has 0 spiro atoms. The minimum Gasteiger partial charge on any atom is -0.399 e. The molecule has 1 amide bonds. The lowest BCUT2D eigenvalue weighted by Crippen LogP contribution is -2.38. The maximum atomic E-state index is 11.3. The molecule has 0 radical (unpaired) electrons. The van der Waals surface area contributed by atoms with Crippen molar-refractivity contribution in [2.45, 2.75) is 54.0 Å². The molecule has 0 bridgehead atoms. The summed E-state index contributed by atoms with van der Waals surface area (Å²) in [6.07, 6.45) is 4.05. The molecule has 0 aromatic carbocycles. The summed E-state index contributed by atoms with van der Waals surface area (Å²) in [6, 6.07) is 0.204. The quantitative estimate of drug-likeness (QED) is 0.519. The van der Waals surface area contributed by atoms with Crippen LogP contribution in [0.5, 0.6) is 0 Å². The van der Waals surface area contributed by atoms with Gasteiger partial charge in [-0.3, -0.25) is 4.79 Å². The first-order valence-electron chi connectivity index (χ1n) is 8.06. The number of hydrogen-bond donors (Lipinski definition) is 2. The molecule has 0 aliphatic rings. The fraction of sp³-hybridized carbons (Fsp3) is 0.632. The number of carbonyl (C=O) groups is 1. The van der Waals surface area contributed by atoms with Crippen molar-refractivity contribution < 1.29 is 4.79 Å². The summed E-state index contributed by atoms with van der Waals surface area (Å²) >= 11 is 0. The molecule has 3 nitrogen and oxygen atoms in total. The van der Waals surface area contributed by atoms with Crippen LogP contribution in [0.4, 0.5) is 0 Å². The van der Waals surface area contributed by atoms with Crippen LogP contribution in [0, 0.1) is 23.7 Å². The van der Waals surface area contributed by atoms with Gasteiger partial charge >= 0.3 is 0 Å². The molecule has 0 aliphatic heterocycles. The lowest BCUT2D eigenvalue weighted by Gasteiger charge is -2.29. The molecule has 4 atom stereocenters. The molecule has 0 rings (SSSR count). The van der Waals surface area contributed by atoms with Gasteiger partial charge in [-0.05, 0) is 49.2 Å². The number of allylic oxidation sites excluding steroid dienone is 1. The minimum atomic E-state index is -0.0755. The van der Waals surface area contributed by atoms with E-state index in [1.807, 2.05) is 0 Å². The van der Waals surface area contributed by atoms with E-state index >= 15 is 0 Å². The number of hydrogen-bond acceptors (Lipinski definition) is 2. The van der Waals surface area contributed by atoms with Crippen molar-refractivity contribution in [2.75, 3.05) is 0 Å². The van der Waals surface area contributed by atoms with Crippen molar-refractivity contribution in [1.29, 1.82) is 0 Å².